The molecule has 2 saturated heterocycles. The van der Waals surface area contributed by atoms with E-state index in [0.29, 0.717) is 6.42 Å². The number of carbonyl (C=O) groups excluding carboxylic acids is 1. The predicted molar refractivity (Wildman–Crippen MR) is 263 cm³/mol. The van der Waals surface area contributed by atoms with Crippen molar-refractivity contribution in [2.45, 2.75) is 299 Å². The number of ether oxygens (including phenoxy) is 4. The first-order valence-electron chi connectivity index (χ1n) is 27.4. The van der Waals surface area contributed by atoms with Crippen LogP contribution in [0.5, 0.6) is 0 Å². The lowest BCUT2D eigenvalue weighted by molar-refractivity contribution is -0.359. The molecule has 0 aliphatic carbocycles. The van der Waals surface area contributed by atoms with Gasteiger partial charge in [0, 0.05) is 6.42 Å². The minimum atomic E-state index is -1.78. The van der Waals surface area contributed by atoms with Gasteiger partial charge in [0.25, 0.3) is 0 Å². The summed E-state index contributed by atoms with van der Waals surface area (Å²) in [5, 5.41) is 86.7. The van der Waals surface area contributed by atoms with E-state index in [1.54, 1.807) is 6.08 Å². The summed E-state index contributed by atoms with van der Waals surface area (Å²) in [5.41, 5.74) is 0. The van der Waals surface area contributed by atoms with Crippen LogP contribution < -0.4 is 5.32 Å². The quantitative estimate of drug-likeness (QED) is 0.0209. The van der Waals surface area contributed by atoms with E-state index in [4.69, 9.17) is 18.9 Å². The first-order valence-corrected chi connectivity index (χ1v) is 27.4. The summed E-state index contributed by atoms with van der Waals surface area (Å²) >= 11 is 0. The second kappa shape index (κ2) is 40.3. The van der Waals surface area contributed by atoms with Crippen molar-refractivity contribution < 1.29 is 64.6 Å². The highest BCUT2D eigenvalue weighted by Crippen LogP contribution is 2.30. The van der Waals surface area contributed by atoms with E-state index >= 15 is 0 Å². The first kappa shape index (κ1) is 61.8. The van der Waals surface area contributed by atoms with Gasteiger partial charge in [-0.1, -0.05) is 212 Å². The van der Waals surface area contributed by atoms with Gasteiger partial charge in [0.1, 0.15) is 48.8 Å². The number of aliphatic hydroxyl groups excluding tert-OH is 8. The molecule has 0 aromatic carbocycles. The van der Waals surface area contributed by atoms with Gasteiger partial charge in [0.2, 0.25) is 5.91 Å². The van der Waals surface area contributed by atoms with Crippen LogP contribution in [0.3, 0.4) is 0 Å². The van der Waals surface area contributed by atoms with Crippen LogP contribution in [0, 0.1) is 0 Å². The van der Waals surface area contributed by atoms with Crippen LogP contribution in [-0.2, 0) is 23.7 Å². The smallest absolute Gasteiger partial charge is 0.220 e. The highest BCUT2D eigenvalue weighted by Gasteiger charge is 2.51. The Bertz CT molecular complexity index is 1180. The van der Waals surface area contributed by atoms with Gasteiger partial charge in [0.15, 0.2) is 12.6 Å². The van der Waals surface area contributed by atoms with Gasteiger partial charge in [-0.15, -0.1) is 0 Å². The van der Waals surface area contributed by atoms with Crippen LogP contribution in [0.15, 0.2) is 12.2 Å². The van der Waals surface area contributed by atoms with Crippen molar-refractivity contribution in [2.75, 3.05) is 19.8 Å². The van der Waals surface area contributed by atoms with Gasteiger partial charge in [-0.2, -0.15) is 0 Å². The molecule has 0 spiro atoms. The number of aliphatic hydroxyl groups is 8. The molecule has 2 aliphatic heterocycles. The number of nitrogens with one attached hydrogen (secondary N) is 1. The van der Waals surface area contributed by atoms with Gasteiger partial charge >= 0.3 is 0 Å². The number of hydrogen-bond donors (Lipinski definition) is 9. The maximum Gasteiger partial charge on any atom is 0.220 e. The van der Waals surface area contributed by atoms with Gasteiger partial charge in [-0.3, -0.25) is 4.79 Å². The first-order chi connectivity index (χ1) is 32.6. The standard InChI is InChI=1S/C53H101NO13/c1-3-5-7-9-11-13-15-16-17-18-19-20-21-22-23-24-25-26-27-29-31-33-35-37-45(58)54-41(42(57)36-34-32-30-28-14-12-10-8-6-4-2)40-64-52-50(63)48(61)51(44(39-56)66-52)67-53-49(62)47(60)46(59)43(38-55)65-53/h34,36,41-44,46-53,55-57,59-63H,3-33,35,37-40H2,1-2H3,(H,54,58)/b36-34+. The molecule has 14 nitrogen and oxygen atoms in total. The summed E-state index contributed by atoms with van der Waals surface area (Å²) in [5.74, 6) is -0.237. The van der Waals surface area contributed by atoms with Gasteiger partial charge < -0.3 is 65.1 Å². The summed E-state index contributed by atoms with van der Waals surface area (Å²) in [4.78, 5) is 13.2. The lowest BCUT2D eigenvalue weighted by Crippen LogP contribution is -2.65. The topological polar surface area (TPSA) is 228 Å². The van der Waals surface area contributed by atoms with Crippen molar-refractivity contribution in [3.8, 4) is 0 Å². The minimum absolute atomic E-state index is 0.237. The van der Waals surface area contributed by atoms with E-state index < -0.39 is 86.8 Å². The van der Waals surface area contributed by atoms with Crippen molar-refractivity contribution in [3.63, 3.8) is 0 Å². The van der Waals surface area contributed by atoms with E-state index in [9.17, 15) is 45.6 Å². The van der Waals surface area contributed by atoms with Crippen molar-refractivity contribution >= 4 is 5.91 Å². The van der Waals surface area contributed by atoms with Crippen LogP contribution in [-0.4, -0.2) is 140 Å². The van der Waals surface area contributed by atoms with Crippen LogP contribution in [0.25, 0.3) is 0 Å². The molecule has 0 bridgehead atoms. The van der Waals surface area contributed by atoms with Crippen molar-refractivity contribution in [2.24, 2.45) is 0 Å². The van der Waals surface area contributed by atoms with Gasteiger partial charge in [-0.25, -0.2) is 0 Å². The summed E-state index contributed by atoms with van der Waals surface area (Å²) in [7, 11) is 0. The normalized spacial score (nSPS) is 26.6. The van der Waals surface area contributed by atoms with E-state index in [1.807, 2.05) is 6.08 Å². The Kier molecular flexibility index (Phi) is 37.2. The zero-order valence-corrected chi connectivity index (χ0v) is 42.2. The molecule has 2 rings (SSSR count). The zero-order valence-electron chi connectivity index (χ0n) is 42.2. The Morgan fingerprint density at radius 2 is 0.925 bits per heavy atom. The Morgan fingerprint density at radius 3 is 1.37 bits per heavy atom. The van der Waals surface area contributed by atoms with E-state index in [2.05, 4.69) is 19.2 Å². The monoisotopic (exact) mass is 960 g/mol. The molecule has 0 radical (unpaired) electrons. The van der Waals surface area contributed by atoms with Gasteiger partial charge in [0.05, 0.1) is 32.0 Å². The lowest BCUT2D eigenvalue weighted by atomic mass is 9.97. The SMILES string of the molecule is CCCCCCCCCC/C=C/C(O)C(COC1OC(CO)C(OC2OC(CO)C(O)C(O)C2O)C(O)C1O)NC(=O)CCCCCCCCCCCCCCCCCCCCCCCCC. The Hall–Kier alpha value is -1.27. The molecule has 0 aromatic heterocycles. The Balaban J connectivity index is 1.73. The lowest BCUT2D eigenvalue weighted by Gasteiger charge is -2.46. The molecule has 12 atom stereocenters. The Labute approximate surface area is 406 Å². The average molecular weight is 960 g/mol. The van der Waals surface area contributed by atoms with Crippen molar-refractivity contribution in [3.05, 3.63) is 12.2 Å². The largest absolute Gasteiger partial charge is 0.394 e. The number of unbranched alkanes of at least 4 members (excludes halogenated alkanes) is 30. The fraction of sp³-hybridized carbons (Fsp3) is 0.943. The van der Waals surface area contributed by atoms with Crippen LogP contribution in [0.1, 0.15) is 226 Å². The fourth-order valence-electron chi connectivity index (χ4n) is 9.23. The molecule has 2 aliphatic rings. The molecular weight excluding hydrogens is 859 g/mol. The third-order valence-corrected chi connectivity index (χ3v) is 13.7. The third-order valence-electron chi connectivity index (χ3n) is 13.7. The van der Waals surface area contributed by atoms with Gasteiger partial charge in [-0.05, 0) is 19.3 Å². The van der Waals surface area contributed by atoms with E-state index in [-0.39, 0.29) is 18.9 Å². The predicted octanol–water partition coefficient (Wildman–Crippen LogP) is 7.94. The zero-order chi connectivity index (χ0) is 48.9. The second-order valence-electron chi connectivity index (χ2n) is 19.7. The molecule has 67 heavy (non-hydrogen) atoms. The highest BCUT2D eigenvalue weighted by molar-refractivity contribution is 5.76. The maximum absolute atomic E-state index is 13.2. The molecule has 1 amide bonds. The number of carbonyl (C=O) groups is 1. The third kappa shape index (κ3) is 27.2. The maximum atomic E-state index is 13.2. The van der Waals surface area contributed by atoms with Crippen LogP contribution >= 0.6 is 0 Å². The van der Waals surface area contributed by atoms with Crippen LogP contribution in [0.4, 0.5) is 0 Å². The molecule has 12 unspecified atom stereocenters. The summed E-state index contributed by atoms with van der Waals surface area (Å²) < 4.78 is 22.7. The molecule has 9 N–H and O–H groups in total. The summed E-state index contributed by atoms with van der Waals surface area (Å²) in [6.45, 7) is 2.78. The van der Waals surface area contributed by atoms with Crippen LogP contribution in [0.2, 0.25) is 0 Å². The molecule has 396 valence electrons. The second-order valence-corrected chi connectivity index (χ2v) is 19.7. The van der Waals surface area contributed by atoms with E-state index in [1.165, 1.54) is 161 Å². The summed E-state index contributed by atoms with van der Waals surface area (Å²) in [6, 6.07) is -0.907. The highest BCUT2D eigenvalue weighted by atomic mass is 16.7. The minimum Gasteiger partial charge on any atom is -0.394 e. The fourth-order valence-corrected chi connectivity index (χ4v) is 9.23. The molecule has 2 heterocycles. The molecule has 0 saturated carbocycles. The average Bonchev–Trinajstić information content (AvgIpc) is 3.32. The number of hydrogen-bond acceptors (Lipinski definition) is 13. The molecule has 14 heteroatoms. The summed E-state index contributed by atoms with van der Waals surface area (Å²) in [6.07, 6.45) is 27.0. The molecule has 2 fully saturated rings. The van der Waals surface area contributed by atoms with Crippen molar-refractivity contribution in [1.82, 2.24) is 5.32 Å². The number of rotatable bonds is 43. The molecular formula is C53H101NO13. The van der Waals surface area contributed by atoms with E-state index in [0.717, 1.165) is 38.5 Å². The van der Waals surface area contributed by atoms with Crippen molar-refractivity contribution in [1.29, 1.82) is 0 Å². The molecule has 0 aromatic rings. The number of amides is 1. The number of allylic oxidation sites excluding steroid dienone is 1. The Morgan fingerprint density at radius 1 is 0.522 bits per heavy atom.